The second-order valence-electron chi connectivity index (χ2n) is 7.89. The van der Waals surface area contributed by atoms with Crippen molar-refractivity contribution < 1.29 is 24.1 Å². The van der Waals surface area contributed by atoms with E-state index in [1.165, 1.54) is 24.3 Å². The average Bonchev–Trinajstić information content (AvgIpc) is 2.72. The molecule has 4 nitrogen and oxygen atoms in total. The van der Waals surface area contributed by atoms with Gasteiger partial charge < -0.3 is 14.9 Å². The zero-order chi connectivity index (χ0) is 23.4. The highest BCUT2D eigenvalue weighted by molar-refractivity contribution is 6.36. The molecule has 0 saturated carbocycles. The summed E-state index contributed by atoms with van der Waals surface area (Å²) in [7, 11) is 0. The molecule has 3 aromatic carbocycles. The van der Waals surface area contributed by atoms with Crippen molar-refractivity contribution in [3.05, 3.63) is 92.7 Å². The predicted octanol–water partition coefficient (Wildman–Crippen LogP) is 6.68. The van der Waals surface area contributed by atoms with Crippen molar-refractivity contribution in [2.45, 2.75) is 26.2 Å². The van der Waals surface area contributed by atoms with Gasteiger partial charge in [0.25, 0.3) is 0 Å². The van der Waals surface area contributed by atoms with Crippen molar-refractivity contribution in [2.75, 3.05) is 6.61 Å². The smallest absolute Gasteiger partial charge is 0.341 e. The number of halogens is 3. The topological polar surface area (TPSA) is 66.8 Å². The van der Waals surface area contributed by atoms with Gasteiger partial charge in [-0.15, -0.1) is 0 Å². The Morgan fingerprint density at radius 2 is 1.66 bits per heavy atom. The number of rotatable bonds is 8. The SMILES string of the molecule is CC(C)C(c1ccc(F)cc1)c1cc(Cc2c(Cl)cc(OCC(=O)O)cc2Cl)ccc1O. The molecule has 0 saturated heterocycles. The molecule has 32 heavy (non-hydrogen) atoms. The Kier molecular flexibility index (Phi) is 7.64. The van der Waals surface area contributed by atoms with Crippen LogP contribution in [0, 0.1) is 11.7 Å². The maximum absolute atomic E-state index is 13.4. The number of carboxylic acids is 1. The van der Waals surface area contributed by atoms with E-state index < -0.39 is 12.6 Å². The summed E-state index contributed by atoms with van der Waals surface area (Å²) in [4.78, 5) is 10.7. The molecule has 2 N–H and O–H groups in total. The molecule has 168 valence electrons. The molecule has 0 aliphatic rings. The molecule has 0 heterocycles. The maximum Gasteiger partial charge on any atom is 0.341 e. The zero-order valence-corrected chi connectivity index (χ0v) is 19.1. The van der Waals surface area contributed by atoms with E-state index in [4.69, 9.17) is 33.0 Å². The number of benzene rings is 3. The van der Waals surface area contributed by atoms with Gasteiger partial charge in [0.15, 0.2) is 6.61 Å². The Hall–Kier alpha value is -2.76. The number of phenolic OH excluding ortho intramolecular Hbond substituents is 1. The number of phenols is 1. The molecule has 0 aliphatic carbocycles. The predicted molar refractivity (Wildman–Crippen MR) is 124 cm³/mol. The zero-order valence-electron chi connectivity index (χ0n) is 17.6. The van der Waals surface area contributed by atoms with Crippen molar-refractivity contribution >= 4 is 29.2 Å². The Bertz CT molecular complexity index is 1090. The molecule has 3 aromatic rings. The third-order valence-corrected chi connectivity index (χ3v) is 5.86. The molecule has 1 unspecified atom stereocenters. The minimum absolute atomic E-state index is 0.131. The van der Waals surface area contributed by atoms with Crippen molar-refractivity contribution in [3.63, 3.8) is 0 Å². The minimum atomic E-state index is -1.10. The van der Waals surface area contributed by atoms with Crippen LogP contribution in [0.4, 0.5) is 4.39 Å². The highest BCUT2D eigenvalue weighted by Crippen LogP contribution is 2.39. The molecule has 0 bridgehead atoms. The van der Waals surface area contributed by atoms with E-state index in [1.54, 1.807) is 24.3 Å². The first kappa shape index (κ1) is 23.9. The lowest BCUT2D eigenvalue weighted by Crippen LogP contribution is -2.10. The summed E-state index contributed by atoms with van der Waals surface area (Å²) in [6.45, 7) is 3.60. The van der Waals surface area contributed by atoms with E-state index in [1.807, 2.05) is 19.9 Å². The first-order chi connectivity index (χ1) is 15.2. The summed E-state index contributed by atoms with van der Waals surface area (Å²) in [5, 5.41) is 20.1. The van der Waals surface area contributed by atoms with Crippen LogP contribution in [0.5, 0.6) is 11.5 Å². The fourth-order valence-corrected chi connectivity index (χ4v) is 4.34. The normalized spacial score (nSPS) is 12.1. The van der Waals surface area contributed by atoms with Gasteiger partial charge in [-0.3, -0.25) is 0 Å². The van der Waals surface area contributed by atoms with Gasteiger partial charge in [-0.25, -0.2) is 9.18 Å². The molecule has 1 atom stereocenters. The molecule has 7 heteroatoms. The highest BCUT2D eigenvalue weighted by Gasteiger charge is 2.22. The van der Waals surface area contributed by atoms with Crippen LogP contribution in [0.3, 0.4) is 0 Å². The third-order valence-electron chi connectivity index (χ3n) is 5.18. The van der Waals surface area contributed by atoms with Crippen LogP contribution < -0.4 is 4.74 Å². The maximum atomic E-state index is 13.4. The van der Waals surface area contributed by atoms with Gasteiger partial charge in [0.1, 0.15) is 17.3 Å². The van der Waals surface area contributed by atoms with Crippen LogP contribution in [0.1, 0.15) is 42.0 Å². The Balaban J connectivity index is 1.93. The van der Waals surface area contributed by atoms with Crippen LogP contribution in [0.25, 0.3) is 0 Å². The van der Waals surface area contributed by atoms with Crippen LogP contribution in [-0.4, -0.2) is 22.8 Å². The summed E-state index contributed by atoms with van der Waals surface area (Å²) in [6, 6.07) is 14.7. The molecule has 0 aromatic heterocycles. The van der Waals surface area contributed by atoms with E-state index >= 15 is 0 Å². The number of hydrogen-bond acceptors (Lipinski definition) is 3. The molecule has 0 amide bonds. The monoisotopic (exact) mass is 476 g/mol. The lowest BCUT2D eigenvalue weighted by atomic mass is 9.81. The number of carboxylic acid groups (broad SMARTS) is 1. The van der Waals surface area contributed by atoms with E-state index in [2.05, 4.69) is 0 Å². The first-order valence-electron chi connectivity index (χ1n) is 10.1. The van der Waals surface area contributed by atoms with E-state index in [9.17, 15) is 14.3 Å². The van der Waals surface area contributed by atoms with Gasteiger partial charge in [0, 0.05) is 27.9 Å². The largest absolute Gasteiger partial charge is 0.508 e. The quantitative estimate of drug-likeness (QED) is 0.380. The second-order valence-corrected chi connectivity index (χ2v) is 8.71. The lowest BCUT2D eigenvalue weighted by molar-refractivity contribution is -0.139. The van der Waals surface area contributed by atoms with Gasteiger partial charge in [-0.2, -0.15) is 0 Å². The van der Waals surface area contributed by atoms with Gasteiger partial charge >= 0.3 is 5.97 Å². The fourth-order valence-electron chi connectivity index (χ4n) is 3.74. The Morgan fingerprint density at radius 3 is 2.22 bits per heavy atom. The number of carbonyl (C=O) groups is 1. The Labute approximate surface area is 196 Å². The van der Waals surface area contributed by atoms with Crippen molar-refractivity contribution in [3.8, 4) is 11.5 Å². The molecule has 0 fully saturated rings. The summed E-state index contributed by atoms with van der Waals surface area (Å²) >= 11 is 12.8. The lowest BCUT2D eigenvalue weighted by Gasteiger charge is -2.24. The highest BCUT2D eigenvalue weighted by atomic mass is 35.5. The number of ether oxygens (including phenoxy) is 1. The fraction of sp³-hybridized carbons (Fsp3) is 0.240. The molecular formula is C25H23Cl2FO4. The average molecular weight is 477 g/mol. The molecule has 0 radical (unpaired) electrons. The van der Waals surface area contributed by atoms with Gasteiger partial charge in [0.2, 0.25) is 0 Å². The number of aliphatic carboxylic acids is 1. The van der Waals surface area contributed by atoms with E-state index in [0.717, 1.165) is 16.7 Å². The van der Waals surface area contributed by atoms with E-state index in [-0.39, 0.29) is 29.2 Å². The van der Waals surface area contributed by atoms with E-state index in [0.29, 0.717) is 22.0 Å². The third kappa shape index (κ3) is 5.72. The summed E-state index contributed by atoms with van der Waals surface area (Å²) < 4.78 is 18.6. The molecule has 3 rings (SSSR count). The number of hydrogen-bond donors (Lipinski definition) is 2. The van der Waals surface area contributed by atoms with Gasteiger partial charge in [-0.1, -0.05) is 61.3 Å². The molecule has 0 spiro atoms. The standard InChI is InChI=1S/C25H23Cl2FO4/c1-14(2)25(16-4-6-17(28)7-5-16)20-10-15(3-8-23(20)29)9-19-21(26)11-18(12-22(19)27)32-13-24(30)31/h3-8,10-12,14,25,29H,9,13H2,1-2H3,(H,30,31). The van der Waals surface area contributed by atoms with Crippen molar-refractivity contribution in [1.29, 1.82) is 0 Å². The summed E-state index contributed by atoms with van der Waals surface area (Å²) in [5.74, 6) is -0.957. The summed E-state index contributed by atoms with van der Waals surface area (Å²) in [5.41, 5.74) is 3.19. The molecule has 0 aliphatic heterocycles. The van der Waals surface area contributed by atoms with Gasteiger partial charge in [-0.05, 0) is 52.9 Å². The second kappa shape index (κ2) is 10.2. The summed E-state index contributed by atoms with van der Waals surface area (Å²) in [6.07, 6.45) is 0.401. The van der Waals surface area contributed by atoms with Crippen LogP contribution in [0.15, 0.2) is 54.6 Å². The van der Waals surface area contributed by atoms with Crippen LogP contribution in [0.2, 0.25) is 10.0 Å². The Morgan fingerprint density at radius 1 is 1.03 bits per heavy atom. The van der Waals surface area contributed by atoms with Crippen molar-refractivity contribution in [2.24, 2.45) is 5.92 Å². The van der Waals surface area contributed by atoms with Crippen LogP contribution in [-0.2, 0) is 11.2 Å². The van der Waals surface area contributed by atoms with Crippen LogP contribution >= 0.6 is 23.2 Å². The van der Waals surface area contributed by atoms with Crippen molar-refractivity contribution in [1.82, 2.24) is 0 Å². The number of aromatic hydroxyl groups is 1. The van der Waals surface area contributed by atoms with Gasteiger partial charge in [0.05, 0.1) is 0 Å². The minimum Gasteiger partial charge on any atom is -0.508 e. The first-order valence-corrected chi connectivity index (χ1v) is 10.8. The molecular weight excluding hydrogens is 454 g/mol.